The first-order valence-electron chi connectivity index (χ1n) is 7.18. The minimum absolute atomic E-state index is 0.105. The molecule has 0 aromatic heterocycles. The highest BCUT2D eigenvalue weighted by Crippen LogP contribution is 2.26. The van der Waals surface area contributed by atoms with Gasteiger partial charge in [0.15, 0.2) is 6.61 Å². The van der Waals surface area contributed by atoms with E-state index < -0.39 is 0 Å². The minimum atomic E-state index is -0.243. The molecule has 0 saturated heterocycles. The van der Waals surface area contributed by atoms with Crippen LogP contribution in [0.2, 0.25) is 10.0 Å². The molecule has 2 aromatic rings. The molecule has 0 unspecified atom stereocenters. The molecular formula is C17H18Cl2N2O2. The second-order valence-electron chi connectivity index (χ2n) is 4.98. The molecule has 0 aliphatic rings. The Morgan fingerprint density at radius 1 is 1.17 bits per heavy atom. The summed E-state index contributed by atoms with van der Waals surface area (Å²) in [5.74, 6) is 0.251. The van der Waals surface area contributed by atoms with E-state index in [2.05, 4.69) is 17.1 Å². The first-order valence-corrected chi connectivity index (χ1v) is 7.94. The maximum Gasteiger partial charge on any atom is 0.262 e. The van der Waals surface area contributed by atoms with Crippen molar-refractivity contribution in [3.05, 3.63) is 52.5 Å². The van der Waals surface area contributed by atoms with E-state index in [4.69, 9.17) is 27.9 Å². The minimum Gasteiger partial charge on any atom is -0.484 e. The van der Waals surface area contributed by atoms with E-state index in [1.54, 1.807) is 18.2 Å². The second kappa shape index (κ2) is 8.09. The Balaban J connectivity index is 1.93. The van der Waals surface area contributed by atoms with Crippen LogP contribution in [0.4, 0.5) is 11.4 Å². The molecule has 0 atom stereocenters. The molecule has 122 valence electrons. The van der Waals surface area contributed by atoms with E-state index in [-0.39, 0.29) is 12.5 Å². The summed E-state index contributed by atoms with van der Waals surface area (Å²) in [6.45, 7) is 2.85. The third kappa shape index (κ3) is 5.05. The van der Waals surface area contributed by atoms with Gasteiger partial charge >= 0.3 is 0 Å². The van der Waals surface area contributed by atoms with Crippen LogP contribution >= 0.6 is 23.2 Å². The molecule has 0 radical (unpaired) electrons. The van der Waals surface area contributed by atoms with Gasteiger partial charge in [-0.25, -0.2) is 0 Å². The predicted molar refractivity (Wildman–Crippen MR) is 96.0 cm³/mol. The summed E-state index contributed by atoms with van der Waals surface area (Å²) >= 11 is 11.7. The zero-order valence-electron chi connectivity index (χ0n) is 13.0. The first-order chi connectivity index (χ1) is 11.0. The van der Waals surface area contributed by atoms with E-state index in [9.17, 15) is 4.79 Å². The van der Waals surface area contributed by atoms with Crippen molar-refractivity contribution in [1.82, 2.24) is 0 Å². The molecule has 1 amide bonds. The molecule has 0 aliphatic carbocycles. The largest absolute Gasteiger partial charge is 0.484 e. The van der Waals surface area contributed by atoms with Crippen molar-refractivity contribution >= 4 is 40.5 Å². The van der Waals surface area contributed by atoms with Crippen LogP contribution in [0.15, 0.2) is 42.5 Å². The number of carbonyl (C=O) groups is 1. The van der Waals surface area contributed by atoms with Gasteiger partial charge < -0.3 is 15.0 Å². The third-order valence-electron chi connectivity index (χ3n) is 3.31. The van der Waals surface area contributed by atoms with E-state index in [0.717, 1.165) is 17.9 Å². The Morgan fingerprint density at radius 2 is 1.96 bits per heavy atom. The van der Waals surface area contributed by atoms with Crippen molar-refractivity contribution in [2.75, 3.05) is 30.4 Å². The van der Waals surface area contributed by atoms with Gasteiger partial charge in [0.2, 0.25) is 0 Å². The molecule has 0 aliphatic heterocycles. The topological polar surface area (TPSA) is 41.6 Å². The van der Waals surface area contributed by atoms with Gasteiger partial charge in [-0.05, 0) is 37.3 Å². The maximum absolute atomic E-state index is 12.0. The average Bonchev–Trinajstić information content (AvgIpc) is 2.55. The number of nitrogens with one attached hydrogen (secondary N) is 1. The van der Waals surface area contributed by atoms with Gasteiger partial charge in [-0.1, -0.05) is 29.3 Å². The molecule has 2 rings (SSSR count). The number of hydrogen-bond donors (Lipinski definition) is 1. The molecule has 4 nitrogen and oxygen atoms in total. The highest BCUT2D eigenvalue weighted by Gasteiger charge is 2.07. The van der Waals surface area contributed by atoms with Gasteiger partial charge in [0.05, 0.1) is 10.0 Å². The number of anilines is 2. The van der Waals surface area contributed by atoms with Gasteiger partial charge in [0.1, 0.15) is 5.75 Å². The summed E-state index contributed by atoms with van der Waals surface area (Å²) in [6, 6.07) is 12.5. The Hall–Kier alpha value is -1.91. The predicted octanol–water partition coefficient (Wildman–Crippen LogP) is 4.47. The highest BCUT2D eigenvalue weighted by molar-refractivity contribution is 6.42. The molecule has 1 N–H and O–H groups in total. The first kappa shape index (κ1) is 17.4. The Labute approximate surface area is 146 Å². The van der Waals surface area contributed by atoms with Crippen molar-refractivity contribution in [1.29, 1.82) is 0 Å². The summed E-state index contributed by atoms with van der Waals surface area (Å²) in [5, 5.41) is 3.64. The van der Waals surface area contributed by atoms with Crippen molar-refractivity contribution in [2.45, 2.75) is 6.92 Å². The van der Waals surface area contributed by atoms with Gasteiger partial charge in [0.25, 0.3) is 5.91 Å². The van der Waals surface area contributed by atoms with Gasteiger partial charge in [-0.2, -0.15) is 0 Å². The molecule has 0 fully saturated rings. The molecule has 0 heterocycles. The van der Waals surface area contributed by atoms with E-state index in [1.807, 2.05) is 31.3 Å². The lowest BCUT2D eigenvalue weighted by Crippen LogP contribution is -2.21. The number of hydrogen-bond acceptors (Lipinski definition) is 3. The van der Waals surface area contributed by atoms with Crippen molar-refractivity contribution in [3.63, 3.8) is 0 Å². The van der Waals surface area contributed by atoms with Crippen molar-refractivity contribution in [3.8, 4) is 5.75 Å². The van der Waals surface area contributed by atoms with E-state index >= 15 is 0 Å². The fourth-order valence-electron chi connectivity index (χ4n) is 1.92. The van der Waals surface area contributed by atoms with Crippen LogP contribution in [0, 0.1) is 0 Å². The standard InChI is InChI=1S/C17H18Cl2N2O2/c1-3-21(2)13-6-4-5-12(9-13)20-17(22)11-23-14-7-8-15(18)16(19)10-14/h4-10H,3,11H2,1-2H3,(H,20,22). The second-order valence-corrected chi connectivity index (χ2v) is 5.79. The Bertz CT molecular complexity index is 692. The summed E-state index contributed by atoms with van der Waals surface area (Å²) in [4.78, 5) is 14.1. The summed E-state index contributed by atoms with van der Waals surface area (Å²) < 4.78 is 5.41. The summed E-state index contributed by atoms with van der Waals surface area (Å²) in [5.41, 5.74) is 1.77. The molecule has 0 saturated carbocycles. The number of carbonyl (C=O) groups excluding carboxylic acids is 1. The van der Waals surface area contributed by atoms with Crippen molar-refractivity contribution < 1.29 is 9.53 Å². The van der Waals surface area contributed by atoms with Gasteiger partial charge in [0, 0.05) is 31.0 Å². The van der Waals surface area contributed by atoms with Crippen LogP contribution in [0.1, 0.15) is 6.92 Å². The summed E-state index contributed by atoms with van der Waals surface area (Å²) in [6.07, 6.45) is 0. The lowest BCUT2D eigenvalue weighted by molar-refractivity contribution is -0.118. The van der Waals surface area contributed by atoms with Crippen LogP contribution in [-0.2, 0) is 4.79 Å². The molecule has 23 heavy (non-hydrogen) atoms. The Kier molecular flexibility index (Phi) is 6.13. The lowest BCUT2D eigenvalue weighted by Gasteiger charge is -2.17. The molecule has 0 bridgehead atoms. The normalized spacial score (nSPS) is 10.3. The van der Waals surface area contributed by atoms with Gasteiger partial charge in [-0.3, -0.25) is 4.79 Å². The maximum atomic E-state index is 12.0. The van der Waals surface area contributed by atoms with Crippen LogP contribution in [-0.4, -0.2) is 26.1 Å². The zero-order valence-corrected chi connectivity index (χ0v) is 14.5. The molecular weight excluding hydrogens is 335 g/mol. The van der Waals surface area contributed by atoms with E-state index in [1.165, 1.54) is 0 Å². The van der Waals surface area contributed by atoms with Crippen LogP contribution in [0.3, 0.4) is 0 Å². The Morgan fingerprint density at radius 3 is 2.65 bits per heavy atom. The molecule has 6 heteroatoms. The third-order valence-corrected chi connectivity index (χ3v) is 4.05. The van der Waals surface area contributed by atoms with Crippen molar-refractivity contribution in [2.24, 2.45) is 0 Å². The fourth-order valence-corrected chi connectivity index (χ4v) is 2.20. The number of halogens is 2. The van der Waals surface area contributed by atoms with Crippen LogP contribution in [0.5, 0.6) is 5.75 Å². The number of rotatable bonds is 6. The number of amides is 1. The van der Waals surface area contributed by atoms with Crippen LogP contribution in [0.25, 0.3) is 0 Å². The quantitative estimate of drug-likeness (QED) is 0.833. The number of benzene rings is 2. The van der Waals surface area contributed by atoms with Crippen LogP contribution < -0.4 is 15.0 Å². The van der Waals surface area contributed by atoms with Gasteiger partial charge in [-0.15, -0.1) is 0 Å². The average molecular weight is 353 g/mol. The zero-order chi connectivity index (χ0) is 16.8. The monoisotopic (exact) mass is 352 g/mol. The molecule has 2 aromatic carbocycles. The molecule has 0 spiro atoms. The smallest absolute Gasteiger partial charge is 0.262 e. The number of nitrogens with zero attached hydrogens (tertiary/aromatic N) is 1. The lowest BCUT2D eigenvalue weighted by atomic mass is 10.2. The number of ether oxygens (including phenoxy) is 1. The highest BCUT2D eigenvalue weighted by atomic mass is 35.5. The summed E-state index contributed by atoms with van der Waals surface area (Å²) in [7, 11) is 1.99. The van der Waals surface area contributed by atoms with E-state index in [0.29, 0.717) is 15.8 Å². The SMILES string of the molecule is CCN(C)c1cccc(NC(=O)COc2ccc(Cl)c(Cl)c2)c1. The fraction of sp³-hybridized carbons (Fsp3) is 0.235.